The molecule has 0 aliphatic rings. The Balaban J connectivity index is 2.77. The first-order valence-electron chi connectivity index (χ1n) is 5.09. The highest BCUT2D eigenvalue weighted by atomic mass is 16.5. The van der Waals surface area contributed by atoms with Gasteiger partial charge in [0.15, 0.2) is 0 Å². The molecule has 0 saturated carbocycles. The number of nitrogens with zero attached hydrogens (tertiary/aromatic N) is 2. The largest absolute Gasteiger partial charge is 0.478 e. The molecule has 0 aliphatic carbocycles. The van der Waals surface area contributed by atoms with Crippen molar-refractivity contribution < 1.29 is 14.6 Å². The van der Waals surface area contributed by atoms with Crippen molar-refractivity contribution in [3.63, 3.8) is 0 Å². The van der Waals surface area contributed by atoms with Gasteiger partial charge in [0.25, 0.3) is 0 Å². The number of carboxylic acids is 1. The van der Waals surface area contributed by atoms with E-state index in [1.165, 1.54) is 6.20 Å². The van der Waals surface area contributed by atoms with Gasteiger partial charge in [-0.3, -0.25) is 0 Å². The summed E-state index contributed by atoms with van der Waals surface area (Å²) in [6.45, 7) is 4.35. The van der Waals surface area contributed by atoms with Crippen LogP contribution in [-0.4, -0.2) is 34.8 Å². The molecule has 1 heterocycles. The molecule has 1 unspecified atom stereocenters. The van der Waals surface area contributed by atoms with Gasteiger partial charge in [0.2, 0.25) is 0 Å². The predicted octanol–water partition coefficient (Wildman–Crippen LogP) is 1.31. The lowest BCUT2D eigenvalue weighted by atomic mass is 10.1. The molecule has 0 bridgehead atoms. The predicted molar refractivity (Wildman–Crippen MR) is 58.5 cm³/mol. The molecule has 0 aliphatic heterocycles. The van der Waals surface area contributed by atoms with Gasteiger partial charge >= 0.3 is 5.97 Å². The summed E-state index contributed by atoms with van der Waals surface area (Å²) in [5.74, 6) is -0.0129. The monoisotopic (exact) mass is 224 g/mol. The number of hydrogen-bond donors (Lipinski definition) is 1. The molecule has 0 amide bonds. The average molecular weight is 224 g/mol. The van der Waals surface area contributed by atoms with Crippen LogP contribution in [-0.2, 0) is 11.2 Å². The molecule has 1 N–H and O–H groups in total. The minimum absolute atomic E-state index is 0.156. The van der Waals surface area contributed by atoms with E-state index in [0.717, 1.165) is 0 Å². The Morgan fingerprint density at radius 1 is 1.62 bits per heavy atom. The third-order valence-corrected chi connectivity index (χ3v) is 2.24. The number of hydrogen-bond acceptors (Lipinski definition) is 4. The van der Waals surface area contributed by atoms with E-state index in [-0.39, 0.29) is 5.56 Å². The molecule has 16 heavy (non-hydrogen) atoms. The molecule has 0 radical (unpaired) electrons. The molecule has 0 aromatic carbocycles. The SMILES string of the molecule is COCC(C)Cc1ncc(C(=O)O)c(C)n1. The lowest BCUT2D eigenvalue weighted by molar-refractivity contribution is 0.0695. The van der Waals surface area contributed by atoms with Gasteiger partial charge in [0.05, 0.1) is 11.3 Å². The second-order valence-corrected chi connectivity index (χ2v) is 3.86. The lowest BCUT2D eigenvalue weighted by Gasteiger charge is -2.09. The molecule has 1 aromatic rings. The highest BCUT2D eigenvalue weighted by molar-refractivity contribution is 5.88. The number of rotatable bonds is 5. The highest BCUT2D eigenvalue weighted by Gasteiger charge is 2.11. The van der Waals surface area contributed by atoms with Crippen molar-refractivity contribution in [3.8, 4) is 0 Å². The lowest BCUT2D eigenvalue weighted by Crippen LogP contribution is -2.12. The van der Waals surface area contributed by atoms with Gasteiger partial charge < -0.3 is 9.84 Å². The number of aromatic carboxylic acids is 1. The van der Waals surface area contributed by atoms with E-state index < -0.39 is 5.97 Å². The second-order valence-electron chi connectivity index (χ2n) is 3.86. The van der Waals surface area contributed by atoms with Crippen molar-refractivity contribution >= 4 is 5.97 Å². The maximum atomic E-state index is 10.8. The summed E-state index contributed by atoms with van der Waals surface area (Å²) in [6, 6.07) is 0. The van der Waals surface area contributed by atoms with Gasteiger partial charge in [-0.05, 0) is 12.8 Å². The Hall–Kier alpha value is -1.49. The van der Waals surface area contributed by atoms with E-state index in [1.54, 1.807) is 14.0 Å². The van der Waals surface area contributed by atoms with Crippen LogP contribution >= 0.6 is 0 Å². The first-order chi connectivity index (χ1) is 7.54. The van der Waals surface area contributed by atoms with Crippen LogP contribution in [0.2, 0.25) is 0 Å². The Morgan fingerprint density at radius 3 is 2.81 bits per heavy atom. The topological polar surface area (TPSA) is 72.3 Å². The van der Waals surface area contributed by atoms with Crippen LogP contribution in [0.15, 0.2) is 6.20 Å². The molecule has 1 rings (SSSR count). The van der Waals surface area contributed by atoms with Crippen LogP contribution in [0, 0.1) is 12.8 Å². The van der Waals surface area contributed by atoms with Crippen LogP contribution in [0.4, 0.5) is 0 Å². The Morgan fingerprint density at radius 2 is 2.31 bits per heavy atom. The fraction of sp³-hybridized carbons (Fsp3) is 0.545. The molecule has 88 valence electrons. The highest BCUT2D eigenvalue weighted by Crippen LogP contribution is 2.08. The third-order valence-electron chi connectivity index (χ3n) is 2.24. The zero-order valence-electron chi connectivity index (χ0n) is 9.73. The number of carboxylic acid groups (broad SMARTS) is 1. The van der Waals surface area contributed by atoms with Gasteiger partial charge in [0.1, 0.15) is 5.82 Å². The number of methoxy groups -OCH3 is 1. The smallest absolute Gasteiger partial charge is 0.339 e. The molecule has 0 fully saturated rings. The van der Waals surface area contributed by atoms with E-state index in [2.05, 4.69) is 9.97 Å². The number of carbonyl (C=O) groups is 1. The van der Waals surface area contributed by atoms with Crippen LogP contribution < -0.4 is 0 Å². The molecule has 0 saturated heterocycles. The summed E-state index contributed by atoms with van der Waals surface area (Å²) < 4.78 is 5.02. The Labute approximate surface area is 94.5 Å². The molecular weight excluding hydrogens is 208 g/mol. The van der Waals surface area contributed by atoms with Gasteiger partial charge in [-0.2, -0.15) is 0 Å². The average Bonchev–Trinajstić information content (AvgIpc) is 2.17. The summed E-state index contributed by atoms with van der Waals surface area (Å²) >= 11 is 0. The zero-order chi connectivity index (χ0) is 12.1. The van der Waals surface area contributed by atoms with E-state index in [9.17, 15) is 4.79 Å². The van der Waals surface area contributed by atoms with E-state index >= 15 is 0 Å². The number of aromatic nitrogens is 2. The van der Waals surface area contributed by atoms with Crippen LogP contribution in [0.3, 0.4) is 0 Å². The normalized spacial score (nSPS) is 12.4. The van der Waals surface area contributed by atoms with Crippen LogP contribution in [0.25, 0.3) is 0 Å². The molecular formula is C11H16N2O3. The first-order valence-corrected chi connectivity index (χ1v) is 5.09. The minimum Gasteiger partial charge on any atom is -0.478 e. The zero-order valence-corrected chi connectivity index (χ0v) is 9.73. The summed E-state index contributed by atoms with van der Waals surface area (Å²) in [6.07, 6.45) is 2.05. The maximum Gasteiger partial charge on any atom is 0.339 e. The fourth-order valence-electron chi connectivity index (χ4n) is 1.48. The third kappa shape index (κ3) is 3.27. The van der Waals surface area contributed by atoms with E-state index in [1.807, 2.05) is 6.92 Å². The van der Waals surface area contributed by atoms with E-state index in [0.29, 0.717) is 30.5 Å². The number of aryl methyl sites for hydroxylation is 1. The van der Waals surface area contributed by atoms with Crippen LogP contribution in [0.1, 0.15) is 28.8 Å². The Kier molecular flexibility index (Phi) is 4.37. The van der Waals surface area contributed by atoms with Gasteiger partial charge in [0, 0.05) is 26.3 Å². The molecule has 5 heteroatoms. The summed E-state index contributed by atoms with van der Waals surface area (Å²) in [4.78, 5) is 19.0. The van der Waals surface area contributed by atoms with Crippen molar-refractivity contribution in [3.05, 3.63) is 23.3 Å². The minimum atomic E-state index is -0.992. The molecule has 5 nitrogen and oxygen atoms in total. The van der Waals surface area contributed by atoms with Crippen molar-refractivity contribution in [1.82, 2.24) is 9.97 Å². The van der Waals surface area contributed by atoms with Gasteiger partial charge in [-0.1, -0.05) is 6.92 Å². The van der Waals surface area contributed by atoms with Gasteiger partial charge in [-0.25, -0.2) is 14.8 Å². The van der Waals surface area contributed by atoms with Crippen molar-refractivity contribution in [2.75, 3.05) is 13.7 Å². The quantitative estimate of drug-likeness (QED) is 0.816. The summed E-state index contributed by atoms with van der Waals surface area (Å²) in [5, 5.41) is 8.82. The standard InChI is InChI=1S/C11H16N2O3/c1-7(6-16-3)4-10-12-5-9(11(14)15)8(2)13-10/h5,7H,4,6H2,1-3H3,(H,14,15). The summed E-state index contributed by atoms with van der Waals surface area (Å²) in [5.41, 5.74) is 0.658. The summed E-state index contributed by atoms with van der Waals surface area (Å²) in [7, 11) is 1.65. The van der Waals surface area contributed by atoms with Crippen LogP contribution in [0.5, 0.6) is 0 Å². The first kappa shape index (κ1) is 12.6. The Bertz CT molecular complexity index is 379. The number of ether oxygens (including phenoxy) is 1. The maximum absolute atomic E-state index is 10.8. The second kappa shape index (κ2) is 5.55. The molecule has 1 aromatic heterocycles. The van der Waals surface area contributed by atoms with E-state index in [4.69, 9.17) is 9.84 Å². The molecule has 1 atom stereocenters. The van der Waals surface area contributed by atoms with Gasteiger partial charge in [-0.15, -0.1) is 0 Å². The molecule has 0 spiro atoms. The van der Waals surface area contributed by atoms with Crippen molar-refractivity contribution in [2.45, 2.75) is 20.3 Å². The van der Waals surface area contributed by atoms with Crippen molar-refractivity contribution in [2.24, 2.45) is 5.92 Å². The van der Waals surface area contributed by atoms with Crippen molar-refractivity contribution in [1.29, 1.82) is 0 Å². The fourth-order valence-corrected chi connectivity index (χ4v) is 1.48.